The van der Waals surface area contributed by atoms with Gasteiger partial charge >= 0.3 is 0 Å². The maximum Gasteiger partial charge on any atom is 0.161 e. The van der Waals surface area contributed by atoms with Gasteiger partial charge in [-0.05, 0) is 45.5 Å². The molecule has 1 unspecified atom stereocenters. The van der Waals surface area contributed by atoms with Crippen molar-refractivity contribution in [3.8, 4) is 11.5 Å². The lowest BCUT2D eigenvalue weighted by atomic mass is 10.1. The second-order valence-corrected chi connectivity index (χ2v) is 8.64. The third kappa shape index (κ3) is 4.11. The van der Waals surface area contributed by atoms with Gasteiger partial charge in [-0.15, -0.1) is 0 Å². The Kier molecular flexibility index (Phi) is 5.64. The Bertz CT molecular complexity index is 576. The van der Waals surface area contributed by atoms with Crippen LogP contribution in [-0.2, 0) is 9.84 Å². The van der Waals surface area contributed by atoms with Crippen molar-refractivity contribution >= 4 is 9.84 Å². The summed E-state index contributed by atoms with van der Waals surface area (Å²) >= 11 is 0. The molecule has 0 heterocycles. The van der Waals surface area contributed by atoms with Gasteiger partial charge in [-0.2, -0.15) is 0 Å². The van der Waals surface area contributed by atoms with Gasteiger partial charge in [-0.25, -0.2) is 8.42 Å². The second kappa shape index (κ2) is 6.66. The Morgan fingerprint density at radius 1 is 1.14 bits per heavy atom. The fourth-order valence-corrected chi connectivity index (χ4v) is 3.18. The van der Waals surface area contributed by atoms with E-state index in [1.54, 1.807) is 54.2 Å². The van der Waals surface area contributed by atoms with Gasteiger partial charge in [-0.1, -0.05) is 6.07 Å². The van der Waals surface area contributed by atoms with Crippen LogP contribution in [0.5, 0.6) is 11.5 Å². The molecule has 0 saturated heterocycles. The molecular weight excluding hydrogens is 290 g/mol. The SMILES string of the molecule is CNC(CS(=O)(=O)C(C)(C)C)c1ccc(OC)c(OC)c1. The average molecular weight is 315 g/mol. The summed E-state index contributed by atoms with van der Waals surface area (Å²) in [6.07, 6.45) is 0. The lowest BCUT2D eigenvalue weighted by Crippen LogP contribution is -2.35. The van der Waals surface area contributed by atoms with E-state index < -0.39 is 14.6 Å². The standard InChI is InChI=1S/C15H25NO4S/c1-15(2,3)21(17,18)10-12(16-4)11-7-8-13(19-5)14(9-11)20-6/h7-9,12,16H,10H2,1-6H3. The largest absolute Gasteiger partial charge is 0.493 e. The Morgan fingerprint density at radius 2 is 1.71 bits per heavy atom. The summed E-state index contributed by atoms with van der Waals surface area (Å²) in [5.74, 6) is 1.24. The Balaban J connectivity index is 3.12. The van der Waals surface area contributed by atoms with Crippen LogP contribution in [0, 0.1) is 0 Å². The molecular formula is C15H25NO4S. The van der Waals surface area contributed by atoms with Gasteiger partial charge in [0.1, 0.15) is 0 Å². The summed E-state index contributed by atoms with van der Waals surface area (Å²) in [5, 5.41) is 3.06. The highest BCUT2D eigenvalue weighted by molar-refractivity contribution is 7.92. The van der Waals surface area contributed by atoms with Crippen molar-refractivity contribution < 1.29 is 17.9 Å². The van der Waals surface area contributed by atoms with Crippen molar-refractivity contribution in [3.05, 3.63) is 23.8 Å². The zero-order chi connectivity index (χ0) is 16.3. The normalized spacial score (nSPS) is 13.8. The number of sulfone groups is 1. The van der Waals surface area contributed by atoms with E-state index in [0.29, 0.717) is 11.5 Å². The summed E-state index contributed by atoms with van der Waals surface area (Å²) in [6.45, 7) is 5.14. The molecule has 1 N–H and O–H groups in total. The van der Waals surface area contributed by atoms with E-state index in [2.05, 4.69) is 5.32 Å². The van der Waals surface area contributed by atoms with E-state index >= 15 is 0 Å². The van der Waals surface area contributed by atoms with Crippen LogP contribution in [0.4, 0.5) is 0 Å². The molecule has 1 aromatic rings. The molecule has 120 valence electrons. The minimum Gasteiger partial charge on any atom is -0.493 e. The van der Waals surface area contributed by atoms with Gasteiger partial charge in [-0.3, -0.25) is 0 Å². The van der Waals surface area contributed by atoms with Crippen LogP contribution in [0.3, 0.4) is 0 Å². The fourth-order valence-electron chi connectivity index (χ4n) is 1.89. The summed E-state index contributed by atoms with van der Waals surface area (Å²) in [7, 11) is 1.65. The van der Waals surface area contributed by atoms with Crippen molar-refractivity contribution in [1.29, 1.82) is 0 Å². The first-order chi connectivity index (χ1) is 9.66. The molecule has 1 rings (SSSR count). The quantitative estimate of drug-likeness (QED) is 0.871. The van der Waals surface area contributed by atoms with E-state index in [1.165, 1.54) is 0 Å². The van der Waals surface area contributed by atoms with Crippen molar-refractivity contribution in [2.45, 2.75) is 31.6 Å². The van der Waals surface area contributed by atoms with Gasteiger partial charge in [0.2, 0.25) is 0 Å². The number of rotatable bonds is 6. The van der Waals surface area contributed by atoms with Crippen LogP contribution in [0.2, 0.25) is 0 Å². The molecule has 0 aliphatic rings. The van der Waals surface area contributed by atoms with Crippen LogP contribution >= 0.6 is 0 Å². The molecule has 0 radical (unpaired) electrons. The zero-order valence-corrected chi connectivity index (χ0v) is 14.4. The van der Waals surface area contributed by atoms with E-state index in [0.717, 1.165) is 5.56 Å². The fraction of sp³-hybridized carbons (Fsp3) is 0.600. The highest BCUT2D eigenvalue weighted by atomic mass is 32.2. The molecule has 5 nitrogen and oxygen atoms in total. The topological polar surface area (TPSA) is 64.6 Å². The van der Waals surface area contributed by atoms with Gasteiger partial charge < -0.3 is 14.8 Å². The predicted molar refractivity (Wildman–Crippen MR) is 84.9 cm³/mol. The minimum atomic E-state index is -3.23. The van der Waals surface area contributed by atoms with Crippen molar-refractivity contribution in [1.82, 2.24) is 5.32 Å². The van der Waals surface area contributed by atoms with Crippen LogP contribution in [0.25, 0.3) is 0 Å². The number of ether oxygens (including phenoxy) is 2. The highest BCUT2D eigenvalue weighted by Crippen LogP contribution is 2.31. The van der Waals surface area contributed by atoms with Crippen LogP contribution < -0.4 is 14.8 Å². The maximum atomic E-state index is 12.4. The molecule has 0 saturated carbocycles. The summed E-state index contributed by atoms with van der Waals surface area (Å²) in [5.41, 5.74) is 0.850. The Hall–Kier alpha value is -1.27. The first-order valence-corrected chi connectivity index (χ1v) is 8.43. The number of nitrogens with one attached hydrogen (secondary N) is 1. The number of hydrogen-bond acceptors (Lipinski definition) is 5. The van der Waals surface area contributed by atoms with Crippen molar-refractivity contribution in [2.75, 3.05) is 27.0 Å². The predicted octanol–water partition coefficient (Wildman–Crippen LogP) is 2.18. The maximum absolute atomic E-state index is 12.4. The summed E-state index contributed by atoms with van der Waals surface area (Å²) in [6, 6.07) is 5.13. The molecule has 0 amide bonds. The average Bonchev–Trinajstić information content (AvgIpc) is 2.42. The molecule has 1 atom stereocenters. The molecule has 0 aliphatic heterocycles. The van der Waals surface area contributed by atoms with Gasteiger partial charge in [0, 0.05) is 6.04 Å². The Morgan fingerprint density at radius 3 is 2.14 bits per heavy atom. The highest BCUT2D eigenvalue weighted by Gasteiger charge is 2.32. The van der Waals surface area contributed by atoms with E-state index in [1.807, 2.05) is 6.07 Å². The molecule has 0 fully saturated rings. The second-order valence-electron chi connectivity index (χ2n) is 5.85. The number of benzene rings is 1. The van der Waals surface area contributed by atoms with Crippen LogP contribution in [0.15, 0.2) is 18.2 Å². The molecule has 0 aliphatic carbocycles. The van der Waals surface area contributed by atoms with Crippen molar-refractivity contribution in [3.63, 3.8) is 0 Å². The Labute approximate surface area is 127 Å². The first kappa shape index (κ1) is 17.8. The molecule has 0 aromatic heterocycles. The van der Waals surface area contributed by atoms with Gasteiger partial charge in [0.15, 0.2) is 21.3 Å². The number of methoxy groups -OCH3 is 2. The first-order valence-electron chi connectivity index (χ1n) is 6.77. The summed E-state index contributed by atoms with van der Waals surface area (Å²) in [4.78, 5) is 0. The van der Waals surface area contributed by atoms with Gasteiger partial charge in [0.05, 0.1) is 24.7 Å². The molecule has 1 aromatic carbocycles. The third-order valence-electron chi connectivity index (χ3n) is 3.48. The molecule has 21 heavy (non-hydrogen) atoms. The molecule has 0 spiro atoms. The monoisotopic (exact) mass is 315 g/mol. The molecule has 0 bridgehead atoms. The van der Waals surface area contributed by atoms with Crippen molar-refractivity contribution in [2.24, 2.45) is 0 Å². The van der Waals surface area contributed by atoms with E-state index in [9.17, 15) is 8.42 Å². The molecule has 6 heteroatoms. The minimum absolute atomic E-state index is 0.0302. The number of hydrogen-bond donors (Lipinski definition) is 1. The van der Waals surface area contributed by atoms with E-state index in [4.69, 9.17) is 9.47 Å². The van der Waals surface area contributed by atoms with Crippen LogP contribution in [-0.4, -0.2) is 40.2 Å². The van der Waals surface area contributed by atoms with E-state index in [-0.39, 0.29) is 11.8 Å². The van der Waals surface area contributed by atoms with Crippen LogP contribution in [0.1, 0.15) is 32.4 Å². The third-order valence-corrected chi connectivity index (χ3v) is 6.12. The van der Waals surface area contributed by atoms with Gasteiger partial charge in [0.25, 0.3) is 0 Å². The summed E-state index contributed by atoms with van der Waals surface area (Å²) < 4.78 is 34.4. The lowest BCUT2D eigenvalue weighted by Gasteiger charge is -2.24. The smallest absolute Gasteiger partial charge is 0.161 e. The zero-order valence-electron chi connectivity index (χ0n) is 13.6. The lowest BCUT2D eigenvalue weighted by molar-refractivity contribution is 0.354.